The molecule has 3 unspecified atom stereocenters. The number of nitrogens with zero attached hydrogens (tertiary/aromatic N) is 1. The van der Waals surface area contributed by atoms with E-state index in [1.165, 1.54) is 250 Å². The molecule has 0 aromatic carbocycles. The van der Waals surface area contributed by atoms with Crippen LogP contribution in [-0.2, 0) is 18.4 Å². The summed E-state index contributed by atoms with van der Waals surface area (Å²) in [6, 6.07) is -0.907. The third-order valence-electron chi connectivity index (χ3n) is 14.8. The number of quaternary nitrogens is 1. The second-order valence-corrected chi connectivity index (χ2v) is 24.9. The largest absolute Gasteiger partial charge is 0.756 e. The van der Waals surface area contributed by atoms with E-state index in [1.807, 2.05) is 27.2 Å². The zero-order valence-corrected chi connectivity index (χ0v) is 51.4. The van der Waals surface area contributed by atoms with Crippen LogP contribution >= 0.6 is 7.82 Å². The number of phosphoric ester groups is 1. The van der Waals surface area contributed by atoms with Gasteiger partial charge >= 0.3 is 0 Å². The van der Waals surface area contributed by atoms with Gasteiger partial charge in [-0.05, 0) is 64.2 Å². The van der Waals surface area contributed by atoms with Crippen LogP contribution < -0.4 is 10.2 Å². The minimum absolute atomic E-state index is 0.00701. The third-order valence-corrected chi connectivity index (χ3v) is 15.7. The second-order valence-electron chi connectivity index (χ2n) is 23.5. The van der Waals surface area contributed by atoms with Crippen LogP contribution in [0.4, 0.5) is 0 Å². The number of likely N-dealkylation sites (N-methyl/N-ethyl adjacent to an activating group) is 1. The van der Waals surface area contributed by atoms with Gasteiger partial charge in [0, 0.05) is 6.42 Å². The van der Waals surface area contributed by atoms with Crippen molar-refractivity contribution in [1.82, 2.24) is 5.32 Å². The van der Waals surface area contributed by atoms with Crippen LogP contribution in [0.2, 0.25) is 0 Å². The summed E-state index contributed by atoms with van der Waals surface area (Å²) in [6.07, 6.45) is 76.5. The lowest BCUT2D eigenvalue weighted by molar-refractivity contribution is -0.870. The first-order valence-electron chi connectivity index (χ1n) is 32.5. The SMILES string of the molecule is CCCCCCC/C=C\C/C=C\CCCCCCCCCCCCCC(=O)NC(COP(=O)([O-])OCC[N+](C)(C)C)C(O)/C=C/CC/C=C/CCCCCCCCCCCCCCCCCCCCCCCCCC. The minimum atomic E-state index is -4.61. The smallest absolute Gasteiger partial charge is 0.268 e. The van der Waals surface area contributed by atoms with Crippen LogP contribution in [0.1, 0.15) is 316 Å². The zero-order chi connectivity index (χ0) is 54.9. The highest BCUT2D eigenvalue weighted by Gasteiger charge is 2.23. The number of hydrogen-bond acceptors (Lipinski definition) is 6. The predicted molar refractivity (Wildman–Crippen MR) is 325 cm³/mol. The topological polar surface area (TPSA) is 108 Å². The fourth-order valence-corrected chi connectivity index (χ4v) is 10.4. The Bertz CT molecular complexity index is 1360. The molecule has 442 valence electrons. The predicted octanol–water partition coefficient (Wildman–Crippen LogP) is 19.6. The fourth-order valence-electron chi connectivity index (χ4n) is 9.67. The molecule has 0 aliphatic carbocycles. The molecule has 1 amide bonds. The molecule has 0 bridgehead atoms. The molecule has 0 rings (SSSR count). The number of rotatable bonds is 60. The molecule has 9 heteroatoms. The molecular formula is C66H127N2O6P. The highest BCUT2D eigenvalue weighted by Crippen LogP contribution is 2.38. The van der Waals surface area contributed by atoms with E-state index < -0.39 is 26.6 Å². The number of aliphatic hydroxyl groups excluding tert-OH is 1. The molecule has 0 radical (unpaired) electrons. The van der Waals surface area contributed by atoms with Crippen LogP contribution in [0.3, 0.4) is 0 Å². The maximum atomic E-state index is 13.0. The third kappa shape index (κ3) is 60.0. The summed E-state index contributed by atoms with van der Waals surface area (Å²) in [5, 5.41) is 13.9. The van der Waals surface area contributed by atoms with Gasteiger partial charge in [0.25, 0.3) is 7.82 Å². The van der Waals surface area contributed by atoms with Crippen molar-refractivity contribution in [3.05, 3.63) is 48.6 Å². The molecule has 8 nitrogen and oxygen atoms in total. The van der Waals surface area contributed by atoms with Gasteiger partial charge in [-0.15, -0.1) is 0 Å². The highest BCUT2D eigenvalue weighted by molar-refractivity contribution is 7.45. The lowest BCUT2D eigenvalue weighted by Crippen LogP contribution is -2.45. The summed E-state index contributed by atoms with van der Waals surface area (Å²) in [7, 11) is 1.25. The quantitative estimate of drug-likeness (QED) is 0.0272. The number of unbranched alkanes of at least 4 members (excludes halogenated alkanes) is 41. The Balaban J connectivity index is 4.15. The van der Waals surface area contributed by atoms with Crippen molar-refractivity contribution in [1.29, 1.82) is 0 Å². The van der Waals surface area contributed by atoms with Crippen LogP contribution in [0.25, 0.3) is 0 Å². The number of carbonyl (C=O) groups excluding carboxylic acids is 1. The van der Waals surface area contributed by atoms with Gasteiger partial charge in [-0.3, -0.25) is 9.36 Å². The summed E-state index contributed by atoms with van der Waals surface area (Å²) in [6.45, 7) is 4.66. The number of carbonyl (C=O) groups is 1. The van der Waals surface area contributed by atoms with Gasteiger partial charge in [0.1, 0.15) is 13.2 Å². The van der Waals surface area contributed by atoms with Gasteiger partial charge < -0.3 is 28.8 Å². The highest BCUT2D eigenvalue weighted by atomic mass is 31.2. The van der Waals surface area contributed by atoms with Crippen LogP contribution in [0, 0.1) is 0 Å². The number of aliphatic hydroxyl groups is 1. The van der Waals surface area contributed by atoms with E-state index in [1.54, 1.807) is 6.08 Å². The van der Waals surface area contributed by atoms with E-state index >= 15 is 0 Å². The van der Waals surface area contributed by atoms with Crippen molar-refractivity contribution in [2.75, 3.05) is 40.9 Å². The molecular weight excluding hydrogens is 948 g/mol. The molecule has 75 heavy (non-hydrogen) atoms. The monoisotopic (exact) mass is 1070 g/mol. The fraction of sp³-hybridized carbons (Fsp3) is 0.864. The lowest BCUT2D eigenvalue weighted by Gasteiger charge is -2.29. The molecule has 0 fully saturated rings. The molecule has 0 saturated heterocycles. The summed E-state index contributed by atoms with van der Waals surface area (Å²) in [5.41, 5.74) is 0. The van der Waals surface area contributed by atoms with Gasteiger partial charge in [-0.25, -0.2) is 0 Å². The standard InChI is InChI=1S/C66H127N2O6P/c1-6-8-10-12-14-16-18-20-22-24-26-28-30-31-32-33-34-35-36-38-39-41-43-45-47-49-51-53-55-57-59-65(69)64(63-74-75(71,72)73-62-61-68(3,4)5)67-66(70)60-58-56-54-52-50-48-46-44-42-40-37-29-27-25-23-21-19-17-15-13-11-9-7-2/h19,21,25,27,49,51,57,59,64-65,69H,6-18,20,22-24,26,28-48,50,52-56,58,60-63H2,1-5H3,(H-,67,70,71,72)/b21-19-,27-25-,51-49+,59-57+. The first-order valence-corrected chi connectivity index (χ1v) is 34.0. The zero-order valence-electron chi connectivity index (χ0n) is 50.5. The van der Waals surface area contributed by atoms with Crippen molar-refractivity contribution in [3.8, 4) is 0 Å². The number of nitrogens with one attached hydrogen (secondary N) is 1. The normalized spacial score (nSPS) is 14.1. The number of allylic oxidation sites excluding steroid dienone is 7. The van der Waals surface area contributed by atoms with Crippen LogP contribution in [-0.4, -0.2) is 68.5 Å². The molecule has 0 aliphatic rings. The average Bonchev–Trinajstić information content (AvgIpc) is 3.37. The van der Waals surface area contributed by atoms with E-state index in [0.29, 0.717) is 17.4 Å². The molecule has 0 heterocycles. The molecule has 0 aliphatic heterocycles. The summed E-state index contributed by atoms with van der Waals surface area (Å²) < 4.78 is 23.4. The minimum Gasteiger partial charge on any atom is -0.756 e. The molecule has 2 N–H and O–H groups in total. The number of amides is 1. The average molecular weight is 1080 g/mol. The summed E-state index contributed by atoms with van der Waals surface area (Å²) >= 11 is 0. The Kier molecular flexibility index (Phi) is 56.0. The van der Waals surface area contributed by atoms with E-state index in [9.17, 15) is 19.4 Å². The number of phosphoric acid groups is 1. The van der Waals surface area contributed by atoms with E-state index in [2.05, 4.69) is 55.6 Å². The maximum absolute atomic E-state index is 13.0. The van der Waals surface area contributed by atoms with Gasteiger partial charge in [0.15, 0.2) is 0 Å². The van der Waals surface area contributed by atoms with Crippen molar-refractivity contribution >= 4 is 13.7 Å². The van der Waals surface area contributed by atoms with Gasteiger partial charge in [-0.2, -0.15) is 0 Å². The van der Waals surface area contributed by atoms with E-state index in [-0.39, 0.29) is 12.5 Å². The van der Waals surface area contributed by atoms with Crippen molar-refractivity contribution < 1.29 is 32.9 Å². The Hall–Kier alpha value is -1.54. The Morgan fingerprint density at radius 3 is 1.16 bits per heavy atom. The Morgan fingerprint density at radius 2 is 0.787 bits per heavy atom. The van der Waals surface area contributed by atoms with Crippen molar-refractivity contribution in [2.24, 2.45) is 0 Å². The maximum Gasteiger partial charge on any atom is 0.268 e. The molecule has 0 aromatic heterocycles. The van der Waals surface area contributed by atoms with E-state index in [0.717, 1.165) is 44.9 Å². The van der Waals surface area contributed by atoms with E-state index in [4.69, 9.17) is 9.05 Å². The Labute approximate surface area is 467 Å². The summed E-state index contributed by atoms with van der Waals surface area (Å²) in [5.74, 6) is -0.206. The van der Waals surface area contributed by atoms with Crippen molar-refractivity contribution in [3.63, 3.8) is 0 Å². The molecule has 0 spiro atoms. The molecule has 3 atom stereocenters. The van der Waals surface area contributed by atoms with Gasteiger partial charge in [-0.1, -0.05) is 294 Å². The first-order chi connectivity index (χ1) is 36.5. The van der Waals surface area contributed by atoms with Crippen LogP contribution in [0.15, 0.2) is 48.6 Å². The number of hydrogen-bond donors (Lipinski definition) is 2. The van der Waals surface area contributed by atoms with Gasteiger partial charge in [0.2, 0.25) is 5.91 Å². The first kappa shape index (κ1) is 73.5. The summed E-state index contributed by atoms with van der Waals surface area (Å²) in [4.78, 5) is 25.6. The lowest BCUT2D eigenvalue weighted by atomic mass is 10.0. The Morgan fingerprint density at radius 1 is 0.467 bits per heavy atom. The van der Waals surface area contributed by atoms with Gasteiger partial charge in [0.05, 0.1) is 39.9 Å². The molecule has 0 aromatic rings. The second kappa shape index (κ2) is 57.2. The van der Waals surface area contributed by atoms with Crippen molar-refractivity contribution in [2.45, 2.75) is 328 Å². The van der Waals surface area contributed by atoms with Crippen LogP contribution in [0.5, 0.6) is 0 Å². The molecule has 0 saturated carbocycles.